The lowest BCUT2D eigenvalue weighted by atomic mass is 10.0. The van der Waals surface area contributed by atoms with E-state index in [4.69, 9.17) is 11.6 Å². The van der Waals surface area contributed by atoms with Crippen LogP contribution >= 0.6 is 11.6 Å². The molecular weight excluding hydrogens is 202 g/mol. The average Bonchev–Trinajstić information content (AvgIpc) is 2.41. The van der Waals surface area contributed by atoms with Crippen LogP contribution in [0.15, 0.2) is 18.2 Å². The van der Waals surface area contributed by atoms with Gasteiger partial charge in [-0.05, 0) is 18.6 Å². The van der Waals surface area contributed by atoms with E-state index in [9.17, 15) is 9.59 Å². The maximum atomic E-state index is 11.7. The number of carbonyl (C=O) groups excluding carboxylic acids is 2. The predicted octanol–water partition coefficient (Wildman–Crippen LogP) is 1.79. The molecule has 0 fully saturated rings. The fraction of sp³-hybridized carbons (Fsp3) is 0.200. The van der Waals surface area contributed by atoms with Gasteiger partial charge < -0.3 is 0 Å². The Hall–Kier alpha value is -1.35. The van der Waals surface area contributed by atoms with Crippen LogP contribution in [-0.4, -0.2) is 22.7 Å². The van der Waals surface area contributed by atoms with Crippen LogP contribution in [0.5, 0.6) is 0 Å². The number of carbonyl (C=O) groups is 2. The van der Waals surface area contributed by atoms with Crippen LogP contribution in [0, 0.1) is 6.92 Å². The summed E-state index contributed by atoms with van der Waals surface area (Å²) in [7, 11) is 0. The number of hydrogen-bond donors (Lipinski definition) is 0. The van der Waals surface area contributed by atoms with E-state index >= 15 is 0 Å². The molecule has 3 nitrogen and oxygen atoms in total. The van der Waals surface area contributed by atoms with Crippen LogP contribution in [-0.2, 0) is 0 Å². The summed E-state index contributed by atoms with van der Waals surface area (Å²) >= 11 is 5.52. The average molecular weight is 210 g/mol. The molecule has 0 saturated heterocycles. The van der Waals surface area contributed by atoms with Crippen molar-refractivity contribution in [3.8, 4) is 0 Å². The molecule has 1 aliphatic rings. The molecule has 0 bridgehead atoms. The number of alkyl halides is 1. The number of benzene rings is 1. The molecule has 0 radical (unpaired) electrons. The van der Waals surface area contributed by atoms with Crippen molar-refractivity contribution in [2.75, 3.05) is 6.00 Å². The molecule has 1 aromatic carbocycles. The first-order valence-corrected chi connectivity index (χ1v) is 4.72. The molecule has 0 unspecified atom stereocenters. The van der Waals surface area contributed by atoms with Crippen molar-refractivity contribution in [1.29, 1.82) is 0 Å². The van der Waals surface area contributed by atoms with E-state index in [0.29, 0.717) is 11.1 Å². The lowest BCUT2D eigenvalue weighted by Gasteiger charge is -2.07. The Labute approximate surface area is 86.3 Å². The molecule has 4 heteroatoms. The second-order valence-corrected chi connectivity index (χ2v) is 3.39. The zero-order chi connectivity index (χ0) is 10.3. The normalized spacial score (nSPS) is 14.9. The molecule has 0 N–H and O–H groups in total. The number of aryl methyl sites for hydroxylation is 1. The molecule has 2 amide bonds. The Morgan fingerprint density at radius 1 is 1.29 bits per heavy atom. The zero-order valence-electron chi connectivity index (χ0n) is 7.58. The summed E-state index contributed by atoms with van der Waals surface area (Å²) in [5.41, 5.74) is 1.75. The first-order chi connectivity index (χ1) is 6.66. The predicted molar refractivity (Wildman–Crippen MR) is 52.4 cm³/mol. The minimum Gasteiger partial charge on any atom is -0.269 e. The van der Waals surface area contributed by atoms with E-state index in [1.165, 1.54) is 0 Å². The Balaban J connectivity index is 2.64. The molecule has 1 aliphatic heterocycles. The summed E-state index contributed by atoms with van der Waals surface area (Å²) in [4.78, 5) is 24.3. The van der Waals surface area contributed by atoms with Crippen molar-refractivity contribution in [2.45, 2.75) is 6.92 Å². The second kappa shape index (κ2) is 3.10. The standard InChI is InChI=1S/C10H8ClNO2/c1-6-3-2-4-7-8(6)10(14)12(5-11)9(7)13/h2-4H,5H2,1H3. The number of rotatable bonds is 1. The smallest absolute Gasteiger partial charge is 0.262 e. The van der Waals surface area contributed by atoms with Crippen LogP contribution < -0.4 is 0 Å². The van der Waals surface area contributed by atoms with Gasteiger partial charge in [-0.2, -0.15) is 0 Å². The summed E-state index contributed by atoms with van der Waals surface area (Å²) in [6.45, 7) is 1.81. The largest absolute Gasteiger partial charge is 0.269 e. The number of amides is 2. The molecular formula is C10H8ClNO2. The molecule has 0 aromatic heterocycles. The summed E-state index contributed by atoms with van der Waals surface area (Å²) in [5, 5.41) is 0. The van der Waals surface area contributed by atoms with Crippen molar-refractivity contribution >= 4 is 23.4 Å². The van der Waals surface area contributed by atoms with E-state index in [1.54, 1.807) is 12.1 Å². The van der Waals surface area contributed by atoms with Crippen LogP contribution in [0.4, 0.5) is 0 Å². The van der Waals surface area contributed by atoms with Crippen LogP contribution in [0.2, 0.25) is 0 Å². The first-order valence-electron chi connectivity index (χ1n) is 4.18. The van der Waals surface area contributed by atoms with Gasteiger partial charge in [0.05, 0.1) is 11.1 Å². The summed E-state index contributed by atoms with van der Waals surface area (Å²) in [6.07, 6.45) is 0. The monoisotopic (exact) mass is 209 g/mol. The van der Waals surface area contributed by atoms with Gasteiger partial charge in [0.1, 0.15) is 6.00 Å². The Bertz CT molecular complexity index is 428. The number of halogens is 1. The van der Waals surface area contributed by atoms with Gasteiger partial charge in [0.2, 0.25) is 0 Å². The SMILES string of the molecule is Cc1cccc2c1C(=O)N(CCl)C2=O. The van der Waals surface area contributed by atoms with Crippen LogP contribution in [0.1, 0.15) is 26.3 Å². The molecule has 0 atom stereocenters. The van der Waals surface area contributed by atoms with E-state index in [1.807, 2.05) is 13.0 Å². The topological polar surface area (TPSA) is 37.4 Å². The first kappa shape index (κ1) is 9.21. The maximum Gasteiger partial charge on any atom is 0.262 e. The number of nitrogens with zero attached hydrogens (tertiary/aromatic N) is 1. The third kappa shape index (κ3) is 1.06. The quantitative estimate of drug-likeness (QED) is 0.402. The minimum atomic E-state index is -0.302. The fourth-order valence-electron chi connectivity index (χ4n) is 1.61. The van der Waals surface area contributed by atoms with Gasteiger partial charge in [-0.3, -0.25) is 14.5 Å². The third-order valence-electron chi connectivity index (χ3n) is 2.33. The fourth-order valence-corrected chi connectivity index (χ4v) is 1.83. The van der Waals surface area contributed by atoms with Gasteiger partial charge in [-0.25, -0.2) is 0 Å². The Morgan fingerprint density at radius 3 is 2.57 bits per heavy atom. The van der Waals surface area contributed by atoms with E-state index in [-0.39, 0.29) is 17.8 Å². The Kier molecular flexibility index (Phi) is 2.04. The molecule has 0 aliphatic carbocycles. The van der Waals surface area contributed by atoms with Crippen molar-refractivity contribution in [3.05, 3.63) is 34.9 Å². The van der Waals surface area contributed by atoms with E-state index < -0.39 is 0 Å². The van der Waals surface area contributed by atoms with Crippen molar-refractivity contribution < 1.29 is 9.59 Å². The second-order valence-electron chi connectivity index (χ2n) is 3.16. The molecule has 2 rings (SSSR count). The van der Waals surface area contributed by atoms with Crippen molar-refractivity contribution in [2.24, 2.45) is 0 Å². The molecule has 0 saturated carbocycles. The Morgan fingerprint density at radius 2 is 2.00 bits per heavy atom. The molecule has 0 spiro atoms. The van der Waals surface area contributed by atoms with Crippen molar-refractivity contribution in [3.63, 3.8) is 0 Å². The maximum absolute atomic E-state index is 11.7. The van der Waals surface area contributed by atoms with Gasteiger partial charge >= 0.3 is 0 Å². The van der Waals surface area contributed by atoms with Gasteiger partial charge in [0.15, 0.2) is 0 Å². The minimum absolute atomic E-state index is 0.0915. The van der Waals surface area contributed by atoms with Gasteiger partial charge in [-0.1, -0.05) is 12.1 Å². The highest BCUT2D eigenvalue weighted by molar-refractivity contribution is 6.27. The molecule has 1 aromatic rings. The third-order valence-corrected chi connectivity index (χ3v) is 2.57. The molecule has 14 heavy (non-hydrogen) atoms. The highest BCUT2D eigenvalue weighted by Gasteiger charge is 2.35. The summed E-state index contributed by atoms with van der Waals surface area (Å²) < 4.78 is 0. The van der Waals surface area contributed by atoms with Crippen LogP contribution in [0.25, 0.3) is 0 Å². The molecule has 1 heterocycles. The van der Waals surface area contributed by atoms with Gasteiger partial charge in [0, 0.05) is 0 Å². The van der Waals surface area contributed by atoms with E-state index in [2.05, 4.69) is 0 Å². The molecule has 72 valence electrons. The van der Waals surface area contributed by atoms with Crippen LogP contribution in [0.3, 0.4) is 0 Å². The van der Waals surface area contributed by atoms with Gasteiger partial charge in [-0.15, -0.1) is 11.6 Å². The van der Waals surface area contributed by atoms with Gasteiger partial charge in [0.25, 0.3) is 11.8 Å². The number of hydrogen-bond acceptors (Lipinski definition) is 2. The van der Waals surface area contributed by atoms with E-state index in [0.717, 1.165) is 10.5 Å². The number of imide groups is 1. The number of fused-ring (bicyclic) bond motifs is 1. The van der Waals surface area contributed by atoms with Crippen molar-refractivity contribution in [1.82, 2.24) is 4.90 Å². The summed E-state index contributed by atoms with van der Waals surface area (Å²) in [6, 6.07) is 5.12. The highest BCUT2D eigenvalue weighted by Crippen LogP contribution is 2.25. The highest BCUT2D eigenvalue weighted by atomic mass is 35.5. The lowest BCUT2D eigenvalue weighted by Crippen LogP contribution is -2.28. The summed E-state index contributed by atoms with van der Waals surface area (Å²) in [5.74, 6) is -0.596. The lowest BCUT2D eigenvalue weighted by molar-refractivity contribution is 0.0682. The zero-order valence-corrected chi connectivity index (χ0v) is 8.34.